The second-order valence-electron chi connectivity index (χ2n) is 9.84. The Kier molecular flexibility index (Phi) is 7.25. The molecule has 188 valence electrons. The minimum atomic E-state index is -0.0593. The van der Waals surface area contributed by atoms with Gasteiger partial charge >= 0.3 is 0 Å². The molecule has 1 saturated heterocycles. The van der Waals surface area contributed by atoms with Crippen LogP contribution >= 0.6 is 0 Å². The molecule has 2 aromatic carbocycles. The molecule has 0 unspecified atom stereocenters. The Labute approximate surface area is 211 Å². The van der Waals surface area contributed by atoms with Gasteiger partial charge in [-0.2, -0.15) is 0 Å². The summed E-state index contributed by atoms with van der Waals surface area (Å²) in [5, 5.41) is 13.8. The summed E-state index contributed by atoms with van der Waals surface area (Å²) < 4.78 is 7.74. The van der Waals surface area contributed by atoms with Crippen LogP contribution in [0, 0.1) is 13.8 Å². The number of rotatable bonds is 9. The van der Waals surface area contributed by atoms with Gasteiger partial charge in [0.15, 0.2) is 5.82 Å². The summed E-state index contributed by atoms with van der Waals surface area (Å²) >= 11 is 0. The van der Waals surface area contributed by atoms with Gasteiger partial charge < -0.3 is 9.72 Å². The molecule has 1 aliphatic heterocycles. The Bertz CT molecular complexity index is 1370. The van der Waals surface area contributed by atoms with Gasteiger partial charge in [0.05, 0.1) is 24.2 Å². The highest BCUT2D eigenvalue weighted by molar-refractivity contribution is 5.82. The summed E-state index contributed by atoms with van der Waals surface area (Å²) in [4.78, 5) is 18.7. The van der Waals surface area contributed by atoms with Crippen LogP contribution < -0.4 is 5.56 Å². The Hall–Kier alpha value is -3.36. The molecule has 0 bridgehead atoms. The fraction of sp³-hybridized carbons (Fsp3) is 0.429. The quantitative estimate of drug-likeness (QED) is 0.376. The number of aryl methyl sites for hydroxylation is 2. The average Bonchev–Trinajstić information content (AvgIpc) is 3.54. The number of aromatic nitrogens is 5. The number of nitrogens with zero attached hydrogens (tertiary/aromatic N) is 5. The molecule has 2 atom stereocenters. The highest BCUT2D eigenvalue weighted by Gasteiger charge is 2.28. The molecular formula is C28H34N6O2. The zero-order valence-corrected chi connectivity index (χ0v) is 21.3. The van der Waals surface area contributed by atoms with Crippen molar-refractivity contribution >= 4 is 10.9 Å². The number of fused-ring (bicyclic) bond motifs is 1. The maximum absolute atomic E-state index is 13.2. The summed E-state index contributed by atoms with van der Waals surface area (Å²) in [7, 11) is 0. The van der Waals surface area contributed by atoms with Crippen molar-refractivity contribution in [1.29, 1.82) is 0 Å². The van der Waals surface area contributed by atoms with Crippen molar-refractivity contribution in [2.45, 2.75) is 71.8 Å². The summed E-state index contributed by atoms with van der Waals surface area (Å²) in [6.45, 7) is 8.86. The van der Waals surface area contributed by atoms with Crippen LogP contribution in [0.2, 0.25) is 0 Å². The smallest absolute Gasteiger partial charge is 0.252 e. The molecule has 4 aromatic rings. The lowest BCUT2D eigenvalue weighted by molar-refractivity contribution is 0.0888. The second-order valence-corrected chi connectivity index (χ2v) is 9.84. The maximum atomic E-state index is 13.2. The van der Waals surface area contributed by atoms with E-state index < -0.39 is 0 Å². The Morgan fingerprint density at radius 3 is 2.75 bits per heavy atom. The van der Waals surface area contributed by atoms with E-state index in [0.29, 0.717) is 19.6 Å². The largest absolute Gasteiger partial charge is 0.376 e. The van der Waals surface area contributed by atoms with E-state index in [4.69, 9.17) is 4.74 Å². The van der Waals surface area contributed by atoms with Crippen molar-refractivity contribution in [3.05, 3.63) is 87.0 Å². The van der Waals surface area contributed by atoms with Crippen LogP contribution in [-0.4, -0.2) is 42.8 Å². The summed E-state index contributed by atoms with van der Waals surface area (Å²) in [5.74, 6) is 0.813. The molecule has 3 heterocycles. The molecule has 1 fully saturated rings. The van der Waals surface area contributed by atoms with Crippen LogP contribution in [0.25, 0.3) is 10.9 Å². The van der Waals surface area contributed by atoms with Crippen LogP contribution in [0.15, 0.2) is 53.3 Å². The predicted octanol–water partition coefficient (Wildman–Crippen LogP) is 4.46. The van der Waals surface area contributed by atoms with E-state index >= 15 is 0 Å². The fourth-order valence-electron chi connectivity index (χ4n) is 5.33. The first-order chi connectivity index (χ1) is 17.5. The molecule has 1 aliphatic rings. The SMILES string of the molecule is CC[C@H](c1nnnn1C[C@H]1CCCO1)N(Cc1ccccc1)Cc1cc2cc(C)cc(C)c2[nH]c1=O. The van der Waals surface area contributed by atoms with E-state index in [1.807, 2.05) is 35.9 Å². The molecule has 36 heavy (non-hydrogen) atoms. The average molecular weight is 487 g/mol. The number of ether oxygens (including phenoxy) is 1. The lowest BCUT2D eigenvalue weighted by Crippen LogP contribution is -2.33. The van der Waals surface area contributed by atoms with Crippen LogP contribution in [0.3, 0.4) is 0 Å². The van der Waals surface area contributed by atoms with Gasteiger partial charge in [-0.05, 0) is 72.2 Å². The molecule has 2 aromatic heterocycles. The Morgan fingerprint density at radius 2 is 2.00 bits per heavy atom. The van der Waals surface area contributed by atoms with Crippen molar-refractivity contribution in [2.24, 2.45) is 0 Å². The number of hydrogen-bond donors (Lipinski definition) is 1. The second kappa shape index (κ2) is 10.7. The minimum Gasteiger partial charge on any atom is -0.376 e. The normalized spacial score (nSPS) is 16.7. The highest BCUT2D eigenvalue weighted by Crippen LogP contribution is 2.28. The van der Waals surface area contributed by atoms with E-state index in [-0.39, 0.29) is 17.7 Å². The van der Waals surface area contributed by atoms with Crippen molar-refractivity contribution < 1.29 is 4.74 Å². The monoisotopic (exact) mass is 486 g/mol. The van der Waals surface area contributed by atoms with Crippen molar-refractivity contribution in [3.63, 3.8) is 0 Å². The summed E-state index contributed by atoms with van der Waals surface area (Å²) in [6, 6.07) is 16.5. The number of nitrogens with one attached hydrogen (secondary N) is 1. The van der Waals surface area contributed by atoms with E-state index in [0.717, 1.165) is 53.7 Å². The molecule has 8 nitrogen and oxygen atoms in total. The first-order valence-electron chi connectivity index (χ1n) is 12.8. The molecule has 0 saturated carbocycles. The van der Waals surface area contributed by atoms with Gasteiger partial charge in [-0.3, -0.25) is 9.69 Å². The first kappa shape index (κ1) is 24.3. The molecule has 0 radical (unpaired) electrons. The molecule has 5 rings (SSSR count). The van der Waals surface area contributed by atoms with Gasteiger partial charge in [-0.1, -0.05) is 48.9 Å². The first-order valence-corrected chi connectivity index (χ1v) is 12.8. The van der Waals surface area contributed by atoms with Gasteiger partial charge in [0.25, 0.3) is 5.56 Å². The van der Waals surface area contributed by atoms with Crippen LogP contribution in [0.1, 0.15) is 60.3 Å². The van der Waals surface area contributed by atoms with Gasteiger partial charge in [-0.25, -0.2) is 4.68 Å². The van der Waals surface area contributed by atoms with Gasteiger partial charge in [0, 0.05) is 25.3 Å². The number of H-pyrrole nitrogens is 1. The van der Waals surface area contributed by atoms with E-state index in [9.17, 15) is 4.79 Å². The number of benzene rings is 2. The van der Waals surface area contributed by atoms with Crippen LogP contribution in [0.5, 0.6) is 0 Å². The van der Waals surface area contributed by atoms with E-state index in [1.54, 1.807) is 0 Å². The van der Waals surface area contributed by atoms with E-state index in [1.165, 1.54) is 11.1 Å². The highest BCUT2D eigenvalue weighted by atomic mass is 16.5. The Morgan fingerprint density at radius 1 is 1.17 bits per heavy atom. The zero-order valence-electron chi connectivity index (χ0n) is 21.3. The standard InChI is InChI=1S/C28H34N6O2/c1-4-25(27-30-31-32-34(27)18-24-11-8-12-36-24)33(16-21-9-6-5-7-10-21)17-23-15-22-14-19(2)13-20(3)26(22)29-28(23)35/h5-7,9-10,13-15,24-25H,4,8,11-12,16-18H2,1-3H3,(H,29,35)/t24-,25-/m1/s1. The van der Waals surface area contributed by atoms with Crippen molar-refractivity contribution in [1.82, 2.24) is 30.1 Å². The zero-order chi connectivity index (χ0) is 25.1. The third-order valence-electron chi connectivity index (χ3n) is 7.06. The number of pyridine rings is 1. The molecule has 0 aliphatic carbocycles. The number of aromatic amines is 1. The molecular weight excluding hydrogens is 452 g/mol. The minimum absolute atomic E-state index is 0.0543. The fourth-order valence-corrected chi connectivity index (χ4v) is 5.33. The topological polar surface area (TPSA) is 88.9 Å². The van der Waals surface area contributed by atoms with Gasteiger partial charge in [0.2, 0.25) is 0 Å². The molecule has 0 spiro atoms. The molecule has 8 heteroatoms. The third-order valence-corrected chi connectivity index (χ3v) is 7.06. The number of tetrazole rings is 1. The molecule has 1 N–H and O–H groups in total. The van der Waals surface area contributed by atoms with Crippen LogP contribution in [-0.2, 0) is 24.4 Å². The van der Waals surface area contributed by atoms with Gasteiger partial charge in [0.1, 0.15) is 0 Å². The van der Waals surface area contributed by atoms with Crippen molar-refractivity contribution in [3.8, 4) is 0 Å². The summed E-state index contributed by atoms with van der Waals surface area (Å²) in [6.07, 6.45) is 3.04. The van der Waals surface area contributed by atoms with Crippen LogP contribution in [0.4, 0.5) is 0 Å². The Balaban J connectivity index is 1.51. The van der Waals surface area contributed by atoms with Gasteiger partial charge in [-0.15, -0.1) is 5.10 Å². The summed E-state index contributed by atoms with van der Waals surface area (Å²) in [5.41, 5.74) is 5.02. The van der Waals surface area contributed by atoms with Crippen molar-refractivity contribution in [2.75, 3.05) is 6.61 Å². The predicted molar refractivity (Wildman–Crippen MR) is 140 cm³/mol. The molecule has 0 amide bonds. The lowest BCUT2D eigenvalue weighted by Gasteiger charge is -2.30. The maximum Gasteiger partial charge on any atom is 0.252 e. The van der Waals surface area contributed by atoms with E-state index in [2.05, 4.69) is 63.5 Å². The third kappa shape index (κ3) is 5.24. The number of hydrogen-bond acceptors (Lipinski definition) is 6. The lowest BCUT2D eigenvalue weighted by atomic mass is 10.0.